The third-order valence-corrected chi connectivity index (χ3v) is 5.70. The highest BCUT2D eigenvalue weighted by atomic mass is 32.1. The SMILES string of the molecule is Cc1ccc([N+](=O)[O-])cc1NC(=O)Cn1c(=O)[nH]c2scc(-c3ccccc3)c2c1=O. The molecule has 1 amide bonds. The first-order valence-electron chi connectivity index (χ1n) is 9.20. The van der Waals surface area contributed by atoms with Crippen molar-refractivity contribution in [3.63, 3.8) is 0 Å². The number of nitro groups is 1. The van der Waals surface area contributed by atoms with E-state index in [0.29, 0.717) is 21.3 Å². The summed E-state index contributed by atoms with van der Waals surface area (Å²) in [6.07, 6.45) is 0. The predicted molar refractivity (Wildman–Crippen MR) is 119 cm³/mol. The summed E-state index contributed by atoms with van der Waals surface area (Å²) < 4.78 is 0.823. The number of anilines is 1. The third-order valence-electron chi connectivity index (χ3n) is 4.81. The Morgan fingerprint density at radius 1 is 1.19 bits per heavy atom. The molecule has 9 nitrogen and oxygen atoms in total. The Morgan fingerprint density at radius 2 is 1.94 bits per heavy atom. The number of nitrogens with zero attached hydrogens (tertiary/aromatic N) is 2. The van der Waals surface area contributed by atoms with E-state index in [1.807, 2.05) is 30.3 Å². The molecule has 4 aromatic rings. The number of benzene rings is 2. The molecule has 2 heterocycles. The van der Waals surface area contributed by atoms with Gasteiger partial charge in [-0.25, -0.2) is 4.79 Å². The molecule has 10 heteroatoms. The third kappa shape index (κ3) is 3.88. The maximum Gasteiger partial charge on any atom is 0.329 e. The minimum atomic E-state index is -0.704. The van der Waals surface area contributed by atoms with Crippen LogP contribution in [0.15, 0.2) is 63.5 Å². The number of carbonyl (C=O) groups excluding carboxylic acids is 1. The number of carbonyl (C=O) groups is 1. The molecule has 0 saturated carbocycles. The minimum absolute atomic E-state index is 0.178. The fraction of sp³-hybridized carbons (Fsp3) is 0.0952. The van der Waals surface area contributed by atoms with Crippen molar-refractivity contribution < 1.29 is 9.72 Å². The summed E-state index contributed by atoms with van der Waals surface area (Å²) in [5, 5.41) is 15.6. The number of nitrogens with one attached hydrogen (secondary N) is 2. The zero-order chi connectivity index (χ0) is 22.1. The van der Waals surface area contributed by atoms with Gasteiger partial charge in [0, 0.05) is 23.1 Å². The second kappa shape index (κ2) is 8.00. The molecule has 4 rings (SSSR count). The molecule has 2 aromatic heterocycles. The predicted octanol–water partition coefficient (Wildman–Crippen LogP) is 3.27. The first-order chi connectivity index (χ1) is 14.8. The zero-order valence-corrected chi connectivity index (χ0v) is 17.1. The van der Waals surface area contributed by atoms with Gasteiger partial charge in [0.2, 0.25) is 5.91 Å². The van der Waals surface area contributed by atoms with Crippen LogP contribution in [0.25, 0.3) is 21.3 Å². The lowest BCUT2D eigenvalue weighted by atomic mass is 10.1. The number of rotatable bonds is 5. The Kier molecular flexibility index (Phi) is 5.22. The van der Waals surface area contributed by atoms with Crippen molar-refractivity contribution in [2.75, 3.05) is 5.32 Å². The average Bonchev–Trinajstić information content (AvgIpc) is 3.17. The molecule has 0 bridgehead atoms. The van der Waals surface area contributed by atoms with E-state index < -0.39 is 28.6 Å². The Hall–Kier alpha value is -4.05. The molecule has 0 saturated heterocycles. The second-order valence-corrected chi connectivity index (χ2v) is 7.73. The van der Waals surface area contributed by atoms with Crippen LogP contribution in [0, 0.1) is 17.0 Å². The second-order valence-electron chi connectivity index (χ2n) is 6.85. The number of thiophene rings is 1. The van der Waals surface area contributed by atoms with Crippen molar-refractivity contribution in [1.29, 1.82) is 0 Å². The van der Waals surface area contributed by atoms with Gasteiger partial charge in [-0.1, -0.05) is 36.4 Å². The minimum Gasteiger partial charge on any atom is -0.324 e. The zero-order valence-electron chi connectivity index (χ0n) is 16.2. The molecule has 2 N–H and O–H groups in total. The van der Waals surface area contributed by atoms with Crippen LogP contribution < -0.4 is 16.6 Å². The fourth-order valence-electron chi connectivity index (χ4n) is 3.22. The smallest absolute Gasteiger partial charge is 0.324 e. The molecule has 31 heavy (non-hydrogen) atoms. The molecular formula is C21H16N4O5S. The molecular weight excluding hydrogens is 420 g/mol. The summed E-state index contributed by atoms with van der Waals surface area (Å²) in [4.78, 5) is 51.6. The number of H-pyrrole nitrogens is 1. The number of hydrogen-bond acceptors (Lipinski definition) is 6. The van der Waals surface area contributed by atoms with Crippen LogP contribution in [0.1, 0.15) is 5.56 Å². The van der Waals surface area contributed by atoms with E-state index in [1.54, 1.807) is 12.3 Å². The monoisotopic (exact) mass is 436 g/mol. The van der Waals surface area contributed by atoms with Crippen molar-refractivity contribution in [1.82, 2.24) is 9.55 Å². The van der Waals surface area contributed by atoms with E-state index in [4.69, 9.17) is 0 Å². The first-order valence-corrected chi connectivity index (χ1v) is 10.1. The van der Waals surface area contributed by atoms with Gasteiger partial charge in [-0.05, 0) is 18.1 Å². The lowest BCUT2D eigenvalue weighted by Gasteiger charge is -2.09. The first kappa shape index (κ1) is 20.2. The number of aryl methyl sites for hydroxylation is 1. The summed E-state index contributed by atoms with van der Waals surface area (Å²) in [7, 11) is 0. The normalized spacial score (nSPS) is 10.9. The summed E-state index contributed by atoms with van der Waals surface area (Å²) in [5.74, 6) is -0.646. The topological polar surface area (TPSA) is 127 Å². The molecule has 0 aliphatic heterocycles. The number of nitro benzene ring substituents is 1. The van der Waals surface area contributed by atoms with Gasteiger partial charge in [0.05, 0.1) is 16.0 Å². The summed E-state index contributed by atoms with van der Waals surface area (Å²) in [6, 6.07) is 13.3. The maximum atomic E-state index is 13.1. The van der Waals surface area contributed by atoms with Gasteiger partial charge in [0.25, 0.3) is 11.2 Å². The number of hydrogen-bond donors (Lipinski definition) is 2. The van der Waals surface area contributed by atoms with Crippen LogP contribution in [0.4, 0.5) is 11.4 Å². The summed E-state index contributed by atoms with van der Waals surface area (Å²) in [6.45, 7) is 1.15. The molecule has 0 atom stereocenters. The number of aromatic amines is 1. The average molecular weight is 436 g/mol. The number of fused-ring (bicyclic) bond motifs is 1. The Labute approximate surface area is 178 Å². The lowest BCUT2D eigenvalue weighted by molar-refractivity contribution is -0.384. The van der Waals surface area contributed by atoms with Crippen LogP contribution in [0.3, 0.4) is 0 Å². The highest BCUT2D eigenvalue weighted by Gasteiger charge is 2.17. The van der Waals surface area contributed by atoms with Crippen molar-refractivity contribution in [2.45, 2.75) is 13.5 Å². The summed E-state index contributed by atoms with van der Waals surface area (Å²) >= 11 is 1.24. The van der Waals surface area contributed by atoms with Crippen molar-refractivity contribution in [3.05, 3.63) is 90.4 Å². The van der Waals surface area contributed by atoms with Gasteiger partial charge in [-0.2, -0.15) is 0 Å². The van der Waals surface area contributed by atoms with Crippen LogP contribution in [-0.2, 0) is 11.3 Å². The Balaban J connectivity index is 1.70. The van der Waals surface area contributed by atoms with Crippen molar-refractivity contribution in [2.24, 2.45) is 0 Å². The van der Waals surface area contributed by atoms with Crippen LogP contribution in [0.5, 0.6) is 0 Å². The molecule has 156 valence electrons. The van der Waals surface area contributed by atoms with Crippen molar-refractivity contribution in [3.8, 4) is 11.1 Å². The molecule has 0 spiro atoms. The lowest BCUT2D eigenvalue weighted by Crippen LogP contribution is -2.38. The van der Waals surface area contributed by atoms with Crippen LogP contribution in [0.2, 0.25) is 0 Å². The van der Waals surface area contributed by atoms with E-state index >= 15 is 0 Å². The van der Waals surface area contributed by atoms with Gasteiger partial charge in [-0.15, -0.1) is 11.3 Å². The summed E-state index contributed by atoms with van der Waals surface area (Å²) in [5.41, 5.74) is 0.884. The number of aromatic nitrogens is 2. The van der Waals surface area contributed by atoms with Crippen molar-refractivity contribution >= 4 is 38.8 Å². The van der Waals surface area contributed by atoms with E-state index in [9.17, 15) is 24.5 Å². The van der Waals surface area contributed by atoms with Gasteiger partial charge in [-0.3, -0.25) is 29.3 Å². The van der Waals surface area contributed by atoms with E-state index in [0.717, 1.165) is 10.1 Å². The number of amides is 1. The molecule has 2 aromatic carbocycles. The van der Waals surface area contributed by atoms with Gasteiger partial charge in [0.15, 0.2) is 0 Å². The standard InChI is InChI=1S/C21H16N4O5S/c1-12-7-8-14(25(29)30)9-16(12)22-17(26)10-24-20(27)18-15(13-5-3-2-4-6-13)11-31-19(18)23-21(24)28/h2-9,11H,10H2,1H3,(H,22,26)(H,23,28). The fourth-order valence-corrected chi connectivity index (χ4v) is 4.17. The van der Waals surface area contributed by atoms with E-state index in [2.05, 4.69) is 10.3 Å². The van der Waals surface area contributed by atoms with Gasteiger partial charge in [0.1, 0.15) is 11.4 Å². The van der Waals surface area contributed by atoms with E-state index in [-0.39, 0.29) is 11.4 Å². The van der Waals surface area contributed by atoms with Gasteiger partial charge < -0.3 is 5.32 Å². The quantitative estimate of drug-likeness (QED) is 0.367. The molecule has 0 unspecified atom stereocenters. The number of non-ortho nitro benzene ring substituents is 1. The molecule has 0 aliphatic rings. The Morgan fingerprint density at radius 3 is 2.65 bits per heavy atom. The highest BCUT2D eigenvalue weighted by Crippen LogP contribution is 2.30. The molecule has 0 fully saturated rings. The molecule has 0 aliphatic carbocycles. The maximum absolute atomic E-state index is 13.1. The largest absolute Gasteiger partial charge is 0.329 e. The Bertz CT molecular complexity index is 1440. The highest BCUT2D eigenvalue weighted by molar-refractivity contribution is 7.17. The van der Waals surface area contributed by atoms with Crippen LogP contribution in [-0.4, -0.2) is 20.4 Å². The van der Waals surface area contributed by atoms with E-state index in [1.165, 1.54) is 29.5 Å². The van der Waals surface area contributed by atoms with Crippen LogP contribution >= 0.6 is 11.3 Å². The molecule has 0 radical (unpaired) electrons. The van der Waals surface area contributed by atoms with Gasteiger partial charge >= 0.3 is 5.69 Å².